The Morgan fingerprint density at radius 1 is 0.614 bits per heavy atom. The van der Waals surface area contributed by atoms with E-state index >= 15 is 0 Å². The minimum absolute atomic E-state index is 0.0385. The summed E-state index contributed by atoms with van der Waals surface area (Å²) in [7, 11) is 0. The lowest BCUT2D eigenvalue weighted by Gasteiger charge is -2.18. The molecule has 0 bridgehead atoms. The van der Waals surface area contributed by atoms with Gasteiger partial charge in [0.25, 0.3) is 11.8 Å². The van der Waals surface area contributed by atoms with Crippen LogP contribution in [-0.4, -0.2) is 33.8 Å². The normalized spacial score (nSPS) is 11.4. The van der Waals surface area contributed by atoms with Crippen LogP contribution < -0.4 is 21.7 Å². The summed E-state index contributed by atoms with van der Waals surface area (Å²) >= 11 is 0. The number of phenols is 2. The van der Waals surface area contributed by atoms with Crippen molar-refractivity contribution in [2.45, 2.75) is 111 Å². The quantitative estimate of drug-likeness (QED) is 0.0930. The number of hydrogen-bond donors (Lipinski definition) is 6. The van der Waals surface area contributed by atoms with Crippen molar-refractivity contribution in [2.75, 3.05) is 0 Å². The van der Waals surface area contributed by atoms with Gasteiger partial charge in [0.15, 0.2) is 0 Å². The second-order valence-electron chi connectivity index (χ2n) is 11.3. The molecule has 0 heterocycles. The highest BCUT2D eigenvalue weighted by molar-refractivity contribution is 5.98. The molecule has 0 aromatic heterocycles. The Balaban J connectivity index is 1.91. The van der Waals surface area contributed by atoms with Gasteiger partial charge in [-0.2, -0.15) is 0 Å². The van der Waals surface area contributed by atoms with Crippen molar-refractivity contribution in [1.82, 2.24) is 21.7 Å². The topological polar surface area (TPSA) is 157 Å². The fraction of sp³-hybridized carbons (Fsp3) is 0.529. The van der Waals surface area contributed by atoms with Crippen LogP contribution in [0.4, 0.5) is 0 Å². The van der Waals surface area contributed by atoms with E-state index in [2.05, 4.69) is 42.5 Å². The van der Waals surface area contributed by atoms with E-state index < -0.39 is 29.5 Å². The Hall–Kier alpha value is -4.08. The first kappa shape index (κ1) is 36.1. The average Bonchev–Trinajstić information content (AvgIpc) is 3.01. The van der Waals surface area contributed by atoms with Crippen molar-refractivity contribution >= 4 is 23.6 Å². The molecule has 6 N–H and O–H groups in total. The summed E-state index contributed by atoms with van der Waals surface area (Å²) in [6, 6.07) is 9.73. The number of phenolic OH excluding ortho intramolecular Hbond substituents is 2. The highest BCUT2D eigenvalue weighted by atomic mass is 16.3. The summed E-state index contributed by atoms with van der Waals surface area (Å²) < 4.78 is 0. The zero-order valence-corrected chi connectivity index (χ0v) is 26.5. The van der Waals surface area contributed by atoms with E-state index in [1.807, 2.05) is 0 Å². The predicted octanol–water partition coefficient (Wildman–Crippen LogP) is 5.76. The third-order valence-electron chi connectivity index (χ3n) is 7.61. The summed E-state index contributed by atoms with van der Waals surface area (Å²) in [5.74, 6) is -3.07. The molecule has 2 aromatic carbocycles. The molecule has 1 atom stereocenters. The van der Waals surface area contributed by atoms with Crippen molar-refractivity contribution in [1.29, 1.82) is 0 Å². The smallest absolute Gasteiger partial charge is 0.273 e. The number of carbonyl (C=O) groups is 4. The van der Waals surface area contributed by atoms with Gasteiger partial charge < -0.3 is 10.2 Å². The van der Waals surface area contributed by atoms with Gasteiger partial charge >= 0.3 is 0 Å². The first-order chi connectivity index (χ1) is 21.2. The SMILES string of the molecule is CCCCCCCC(CCC(=O)NNC(=O)c1ccc(CCCC)cc1O)C(=O)NNC(=O)c1ccc(CCCC)cc1O. The number of carbonyl (C=O) groups excluding carboxylic acids is 4. The lowest BCUT2D eigenvalue weighted by molar-refractivity contribution is -0.127. The number of amides is 4. The lowest BCUT2D eigenvalue weighted by atomic mass is 9.95. The number of nitrogens with one attached hydrogen (secondary N) is 4. The van der Waals surface area contributed by atoms with Gasteiger partial charge in [-0.3, -0.25) is 40.9 Å². The molecule has 0 saturated heterocycles. The standard InChI is InChI=1S/C34H50N4O6/c1-4-7-10-11-12-15-26(32(42)36-38-34(44)28-20-17-25(14-9-6-3)23-30(28)40)18-21-31(41)35-37-33(43)27-19-16-24(13-8-5-2)22-29(27)39/h16-17,19-20,22-23,26,39-40H,4-15,18,21H2,1-3H3,(H,35,41)(H,36,42)(H,37,43)(H,38,44). The highest BCUT2D eigenvalue weighted by Crippen LogP contribution is 2.22. The molecule has 0 spiro atoms. The molecule has 0 aliphatic rings. The first-order valence-electron chi connectivity index (χ1n) is 16.0. The molecule has 10 heteroatoms. The Labute approximate surface area is 261 Å². The van der Waals surface area contributed by atoms with E-state index in [0.717, 1.165) is 81.8 Å². The van der Waals surface area contributed by atoms with Crippen LogP contribution >= 0.6 is 0 Å². The summed E-state index contributed by atoms with van der Waals surface area (Å²) in [6.07, 6.45) is 11.3. The molecule has 242 valence electrons. The summed E-state index contributed by atoms with van der Waals surface area (Å²) in [4.78, 5) is 50.8. The van der Waals surface area contributed by atoms with Crippen molar-refractivity contribution < 1.29 is 29.4 Å². The van der Waals surface area contributed by atoms with Gasteiger partial charge in [0, 0.05) is 12.3 Å². The fourth-order valence-electron chi connectivity index (χ4n) is 4.86. The molecular weight excluding hydrogens is 560 g/mol. The van der Waals surface area contributed by atoms with E-state index in [9.17, 15) is 29.4 Å². The van der Waals surface area contributed by atoms with E-state index in [0.29, 0.717) is 6.42 Å². The third kappa shape index (κ3) is 12.7. The minimum Gasteiger partial charge on any atom is -0.507 e. The third-order valence-corrected chi connectivity index (χ3v) is 7.61. The Kier molecular flexibility index (Phi) is 16.4. The maximum absolute atomic E-state index is 13.0. The van der Waals surface area contributed by atoms with E-state index in [1.165, 1.54) is 12.1 Å². The van der Waals surface area contributed by atoms with Crippen LogP contribution in [0.5, 0.6) is 11.5 Å². The number of hydrazine groups is 2. The van der Waals surface area contributed by atoms with Crippen LogP contribution in [0.25, 0.3) is 0 Å². The van der Waals surface area contributed by atoms with Gasteiger partial charge in [0.1, 0.15) is 11.5 Å². The maximum atomic E-state index is 13.0. The van der Waals surface area contributed by atoms with Gasteiger partial charge in [0.2, 0.25) is 11.8 Å². The second-order valence-corrected chi connectivity index (χ2v) is 11.3. The average molecular weight is 611 g/mol. The van der Waals surface area contributed by atoms with E-state index in [1.54, 1.807) is 24.3 Å². The Morgan fingerprint density at radius 3 is 1.61 bits per heavy atom. The molecule has 0 aliphatic heterocycles. The molecular formula is C34H50N4O6. The van der Waals surface area contributed by atoms with Gasteiger partial charge in [-0.1, -0.05) is 77.8 Å². The minimum atomic E-state index is -0.646. The van der Waals surface area contributed by atoms with Crippen LogP contribution in [0.15, 0.2) is 36.4 Å². The largest absolute Gasteiger partial charge is 0.507 e. The predicted molar refractivity (Wildman–Crippen MR) is 171 cm³/mol. The molecule has 0 fully saturated rings. The zero-order valence-electron chi connectivity index (χ0n) is 26.5. The van der Waals surface area contributed by atoms with Crippen LogP contribution in [0.1, 0.15) is 130 Å². The molecule has 4 amide bonds. The van der Waals surface area contributed by atoms with Gasteiger partial charge in [-0.15, -0.1) is 0 Å². The number of unbranched alkanes of at least 4 members (excludes halogenated alkanes) is 6. The van der Waals surface area contributed by atoms with Crippen LogP contribution in [0.3, 0.4) is 0 Å². The van der Waals surface area contributed by atoms with Crippen molar-refractivity contribution in [3.63, 3.8) is 0 Å². The number of rotatable bonds is 18. The van der Waals surface area contributed by atoms with Crippen molar-refractivity contribution in [3.8, 4) is 11.5 Å². The number of benzene rings is 2. The monoisotopic (exact) mass is 610 g/mol. The molecule has 2 rings (SSSR count). The van der Waals surface area contributed by atoms with Gasteiger partial charge in [-0.05, 0) is 73.9 Å². The summed E-state index contributed by atoms with van der Waals surface area (Å²) in [6.45, 7) is 6.28. The van der Waals surface area contributed by atoms with Crippen molar-refractivity contribution in [2.24, 2.45) is 5.92 Å². The Bertz CT molecular complexity index is 1230. The molecule has 10 nitrogen and oxygen atoms in total. The molecule has 0 radical (unpaired) electrons. The molecule has 1 unspecified atom stereocenters. The van der Waals surface area contributed by atoms with Crippen LogP contribution in [0, 0.1) is 5.92 Å². The molecule has 0 saturated carbocycles. The fourth-order valence-corrected chi connectivity index (χ4v) is 4.86. The second kappa shape index (κ2) is 20.0. The maximum Gasteiger partial charge on any atom is 0.273 e. The van der Waals surface area contributed by atoms with Gasteiger partial charge in [-0.25, -0.2) is 0 Å². The van der Waals surface area contributed by atoms with E-state index in [4.69, 9.17) is 0 Å². The van der Waals surface area contributed by atoms with Crippen LogP contribution in [-0.2, 0) is 22.4 Å². The summed E-state index contributed by atoms with van der Waals surface area (Å²) in [5.41, 5.74) is 11.5. The lowest BCUT2D eigenvalue weighted by Crippen LogP contribution is -2.45. The number of aromatic hydroxyl groups is 2. The molecule has 44 heavy (non-hydrogen) atoms. The zero-order chi connectivity index (χ0) is 32.3. The first-order valence-corrected chi connectivity index (χ1v) is 16.0. The van der Waals surface area contributed by atoms with Crippen LogP contribution in [0.2, 0.25) is 0 Å². The van der Waals surface area contributed by atoms with Gasteiger partial charge in [0.05, 0.1) is 11.1 Å². The van der Waals surface area contributed by atoms with Crippen molar-refractivity contribution in [3.05, 3.63) is 58.7 Å². The van der Waals surface area contributed by atoms with E-state index in [-0.39, 0.29) is 35.5 Å². The number of hydrogen-bond acceptors (Lipinski definition) is 6. The Morgan fingerprint density at radius 2 is 1.11 bits per heavy atom. The summed E-state index contributed by atoms with van der Waals surface area (Å²) in [5, 5.41) is 20.6. The number of aryl methyl sites for hydroxylation is 2. The molecule has 2 aromatic rings. The highest BCUT2D eigenvalue weighted by Gasteiger charge is 2.21. The molecule has 0 aliphatic carbocycles.